The number of aromatic nitrogens is 3. The maximum Gasteiger partial charge on any atom is 3.00 e. The van der Waals surface area contributed by atoms with Gasteiger partial charge in [-0.1, -0.05) is 18.2 Å². The SMILES string of the molecule is OC(c1ccccn1)N1CCN(Cc2ccccn2)CCN(Cc2ccccn2)CC1.[Fe+3]. The molecule has 0 amide bonds. The molecular weight excluding hydrogens is 444 g/mol. The summed E-state index contributed by atoms with van der Waals surface area (Å²) in [5.74, 6) is 0. The van der Waals surface area contributed by atoms with Crippen molar-refractivity contribution >= 4 is 0 Å². The van der Waals surface area contributed by atoms with Gasteiger partial charge in [-0.15, -0.1) is 0 Å². The Balaban J connectivity index is 0.00000289. The molecule has 1 unspecified atom stereocenters. The molecule has 0 spiro atoms. The first-order chi connectivity index (χ1) is 15.3. The Bertz CT molecular complexity index is 849. The van der Waals surface area contributed by atoms with Crippen LogP contribution in [0.1, 0.15) is 23.3 Å². The summed E-state index contributed by atoms with van der Waals surface area (Å²) in [6.07, 6.45) is 4.70. The minimum absolute atomic E-state index is 0. The molecular formula is C24H30FeN6O+3. The Kier molecular flexibility index (Phi) is 9.74. The van der Waals surface area contributed by atoms with Crippen molar-refractivity contribution in [2.24, 2.45) is 0 Å². The van der Waals surface area contributed by atoms with Crippen LogP contribution in [-0.4, -0.2) is 74.0 Å². The van der Waals surface area contributed by atoms with E-state index in [4.69, 9.17) is 0 Å². The number of pyridine rings is 3. The summed E-state index contributed by atoms with van der Waals surface area (Å²) < 4.78 is 0. The van der Waals surface area contributed by atoms with E-state index in [-0.39, 0.29) is 17.1 Å². The van der Waals surface area contributed by atoms with Gasteiger partial charge < -0.3 is 5.11 Å². The summed E-state index contributed by atoms with van der Waals surface area (Å²) in [5, 5.41) is 11.0. The molecule has 8 heteroatoms. The molecule has 7 nitrogen and oxygen atoms in total. The molecule has 3 aromatic rings. The van der Waals surface area contributed by atoms with Crippen molar-refractivity contribution in [1.29, 1.82) is 0 Å². The van der Waals surface area contributed by atoms with Gasteiger partial charge in [0.1, 0.15) is 0 Å². The molecule has 32 heavy (non-hydrogen) atoms. The van der Waals surface area contributed by atoms with Gasteiger partial charge in [-0.05, 0) is 36.4 Å². The van der Waals surface area contributed by atoms with Crippen molar-refractivity contribution in [3.8, 4) is 0 Å². The molecule has 0 aromatic carbocycles. The van der Waals surface area contributed by atoms with Crippen LogP contribution in [0.5, 0.6) is 0 Å². The molecule has 1 aliphatic rings. The van der Waals surface area contributed by atoms with Gasteiger partial charge in [-0.3, -0.25) is 29.7 Å². The van der Waals surface area contributed by atoms with Crippen molar-refractivity contribution in [3.05, 3.63) is 90.3 Å². The van der Waals surface area contributed by atoms with E-state index < -0.39 is 6.23 Å². The van der Waals surface area contributed by atoms with Gasteiger partial charge in [-0.2, -0.15) is 0 Å². The van der Waals surface area contributed by atoms with E-state index in [0.29, 0.717) is 5.69 Å². The minimum Gasteiger partial charge on any atom is -0.372 e. The van der Waals surface area contributed by atoms with Crippen LogP contribution < -0.4 is 0 Å². The zero-order valence-corrected chi connectivity index (χ0v) is 19.3. The molecule has 1 saturated heterocycles. The average Bonchev–Trinajstić information content (AvgIpc) is 2.92. The van der Waals surface area contributed by atoms with E-state index in [1.807, 2.05) is 54.9 Å². The monoisotopic (exact) mass is 474 g/mol. The van der Waals surface area contributed by atoms with Crippen molar-refractivity contribution in [1.82, 2.24) is 29.7 Å². The molecule has 1 radical (unpaired) electrons. The first-order valence-electron chi connectivity index (χ1n) is 10.9. The number of aliphatic hydroxyl groups is 1. The summed E-state index contributed by atoms with van der Waals surface area (Å²) in [6, 6.07) is 17.8. The molecule has 1 N–H and O–H groups in total. The second-order valence-electron chi connectivity index (χ2n) is 7.86. The molecule has 4 heterocycles. The van der Waals surface area contributed by atoms with Gasteiger partial charge in [0.15, 0.2) is 6.23 Å². The van der Waals surface area contributed by atoms with Crippen molar-refractivity contribution in [2.45, 2.75) is 19.3 Å². The maximum atomic E-state index is 11.0. The van der Waals surface area contributed by atoms with Crippen molar-refractivity contribution in [2.75, 3.05) is 39.3 Å². The predicted molar refractivity (Wildman–Crippen MR) is 120 cm³/mol. The van der Waals surface area contributed by atoms with Crippen LogP contribution in [0.2, 0.25) is 0 Å². The van der Waals surface area contributed by atoms with Crippen LogP contribution in [0.4, 0.5) is 0 Å². The minimum atomic E-state index is -0.715. The van der Waals surface area contributed by atoms with Gasteiger partial charge >= 0.3 is 17.1 Å². The Morgan fingerprint density at radius 1 is 0.656 bits per heavy atom. The zero-order valence-electron chi connectivity index (χ0n) is 18.1. The molecule has 0 aliphatic carbocycles. The quantitative estimate of drug-likeness (QED) is 0.550. The molecule has 0 bridgehead atoms. The second kappa shape index (κ2) is 12.7. The number of hydrogen-bond acceptors (Lipinski definition) is 7. The fourth-order valence-electron chi connectivity index (χ4n) is 3.88. The molecule has 1 fully saturated rings. The summed E-state index contributed by atoms with van der Waals surface area (Å²) in [6.45, 7) is 6.73. The largest absolute Gasteiger partial charge is 3.00 e. The molecule has 0 saturated carbocycles. The molecule has 1 aliphatic heterocycles. The van der Waals surface area contributed by atoms with Gasteiger partial charge in [-0.25, -0.2) is 0 Å². The molecule has 1 atom stereocenters. The summed E-state index contributed by atoms with van der Waals surface area (Å²) in [5.41, 5.74) is 2.82. The van der Waals surface area contributed by atoms with Gasteiger partial charge in [0.05, 0.1) is 17.1 Å². The molecule has 167 valence electrons. The first-order valence-corrected chi connectivity index (χ1v) is 10.9. The summed E-state index contributed by atoms with van der Waals surface area (Å²) in [4.78, 5) is 20.3. The average molecular weight is 474 g/mol. The second-order valence-corrected chi connectivity index (χ2v) is 7.86. The van der Waals surface area contributed by atoms with Crippen LogP contribution in [0.15, 0.2) is 73.2 Å². The van der Waals surface area contributed by atoms with E-state index in [9.17, 15) is 5.11 Å². The van der Waals surface area contributed by atoms with Gasteiger partial charge in [0, 0.05) is 70.9 Å². The standard InChI is InChI=1S/C24H30N6O.Fe/c31-24(23-9-3-6-12-27-23)30-17-15-28(19-21-7-1-4-10-25-21)13-14-29(16-18-30)20-22-8-2-5-11-26-22;/h1-12,24,31H,13-20H2;/q;+3. The Hall–Kier alpha value is -2.19. The van der Waals surface area contributed by atoms with E-state index in [0.717, 1.165) is 63.7 Å². The number of nitrogens with zero attached hydrogens (tertiary/aromatic N) is 6. The zero-order chi connectivity index (χ0) is 21.3. The third-order valence-corrected chi connectivity index (χ3v) is 5.66. The van der Waals surface area contributed by atoms with Crippen LogP contribution in [0, 0.1) is 0 Å². The number of rotatable bonds is 6. The smallest absolute Gasteiger partial charge is 0.372 e. The summed E-state index contributed by atoms with van der Waals surface area (Å²) in [7, 11) is 0. The molecule has 3 aromatic heterocycles. The topological polar surface area (TPSA) is 68.6 Å². The normalized spacial score (nSPS) is 17.5. The maximum absolute atomic E-state index is 11.0. The van der Waals surface area contributed by atoms with E-state index in [2.05, 4.69) is 41.8 Å². The fourth-order valence-corrected chi connectivity index (χ4v) is 3.88. The van der Waals surface area contributed by atoms with Crippen molar-refractivity contribution in [3.63, 3.8) is 0 Å². The third-order valence-electron chi connectivity index (χ3n) is 5.66. The van der Waals surface area contributed by atoms with Gasteiger partial charge in [0.2, 0.25) is 0 Å². The Morgan fingerprint density at radius 3 is 1.56 bits per heavy atom. The van der Waals surface area contributed by atoms with Crippen LogP contribution >= 0.6 is 0 Å². The van der Waals surface area contributed by atoms with Crippen LogP contribution in [0.3, 0.4) is 0 Å². The molecule has 4 rings (SSSR count). The van der Waals surface area contributed by atoms with E-state index >= 15 is 0 Å². The van der Waals surface area contributed by atoms with E-state index in [1.165, 1.54) is 0 Å². The Morgan fingerprint density at radius 2 is 1.12 bits per heavy atom. The Labute approximate surface area is 200 Å². The van der Waals surface area contributed by atoms with Crippen LogP contribution in [0.25, 0.3) is 0 Å². The predicted octanol–water partition coefficient (Wildman–Crippen LogP) is 2.18. The number of hydrogen-bond donors (Lipinski definition) is 1. The number of aliphatic hydroxyl groups excluding tert-OH is 1. The first kappa shape index (κ1) is 24.5. The van der Waals surface area contributed by atoms with E-state index in [1.54, 1.807) is 6.20 Å². The third kappa shape index (κ3) is 7.17. The summed E-state index contributed by atoms with van der Waals surface area (Å²) >= 11 is 0. The van der Waals surface area contributed by atoms with Crippen molar-refractivity contribution < 1.29 is 22.2 Å². The fraction of sp³-hybridized carbons (Fsp3) is 0.375. The van der Waals surface area contributed by atoms with Crippen LogP contribution in [-0.2, 0) is 30.2 Å². The van der Waals surface area contributed by atoms with Gasteiger partial charge in [0.25, 0.3) is 0 Å².